The maximum absolute atomic E-state index is 11.8. The number of rotatable bonds is 6. The van der Waals surface area contributed by atoms with Gasteiger partial charge in [0.1, 0.15) is 0 Å². The van der Waals surface area contributed by atoms with Gasteiger partial charge in [0.15, 0.2) is 11.5 Å². The number of nitrogens with one attached hydrogen (secondary N) is 1. The Hall–Kier alpha value is -2.22. The second-order valence-corrected chi connectivity index (χ2v) is 6.96. The first-order chi connectivity index (χ1) is 11.3. The van der Waals surface area contributed by atoms with Gasteiger partial charge in [0.25, 0.3) is 5.22 Å². The lowest BCUT2D eigenvalue weighted by atomic mass is 10.1. The third-order valence-electron chi connectivity index (χ3n) is 2.88. The summed E-state index contributed by atoms with van der Waals surface area (Å²) in [5, 5.41) is 11.2. The summed E-state index contributed by atoms with van der Waals surface area (Å²) in [7, 11) is 3.13. The van der Waals surface area contributed by atoms with E-state index in [0.29, 0.717) is 28.2 Å². The number of hydrogen-bond acceptors (Lipinski definition) is 7. The number of carbonyl (C=O) groups excluding carboxylic acids is 1. The van der Waals surface area contributed by atoms with Crippen LogP contribution in [0.5, 0.6) is 11.5 Å². The molecule has 1 aromatic heterocycles. The lowest BCUT2D eigenvalue weighted by Crippen LogP contribution is -2.41. The maximum atomic E-state index is 11.8. The van der Waals surface area contributed by atoms with Crippen LogP contribution >= 0.6 is 11.8 Å². The first-order valence-corrected chi connectivity index (χ1v) is 8.30. The van der Waals surface area contributed by atoms with Crippen molar-refractivity contribution in [3.05, 3.63) is 18.2 Å². The number of nitrogens with zero attached hydrogens (tertiary/aromatic N) is 2. The van der Waals surface area contributed by atoms with Crippen molar-refractivity contribution in [2.75, 3.05) is 20.0 Å². The van der Waals surface area contributed by atoms with E-state index in [1.165, 1.54) is 11.8 Å². The molecule has 1 N–H and O–H groups in total. The Morgan fingerprint density at radius 1 is 1.21 bits per heavy atom. The number of hydrogen-bond donors (Lipinski definition) is 1. The molecule has 0 unspecified atom stereocenters. The van der Waals surface area contributed by atoms with Crippen LogP contribution in [-0.4, -0.2) is 41.6 Å². The van der Waals surface area contributed by atoms with Crippen molar-refractivity contribution in [2.24, 2.45) is 0 Å². The highest BCUT2D eigenvalue weighted by atomic mass is 32.2. The van der Waals surface area contributed by atoms with Crippen LogP contribution in [0.2, 0.25) is 0 Å². The van der Waals surface area contributed by atoms with Gasteiger partial charge in [-0.2, -0.15) is 0 Å². The molecule has 0 spiro atoms. The molecule has 1 amide bonds. The fourth-order valence-electron chi connectivity index (χ4n) is 1.94. The van der Waals surface area contributed by atoms with Crippen LogP contribution in [-0.2, 0) is 4.79 Å². The van der Waals surface area contributed by atoms with E-state index < -0.39 is 0 Å². The minimum absolute atomic E-state index is 0.0848. The van der Waals surface area contributed by atoms with Crippen LogP contribution in [0.4, 0.5) is 0 Å². The summed E-state index contributed by atoms with van der Waals surface area (Å²) in [6, 6.07) is 5.32. The Labute approximate surface area is 145 Å². The maximum Gasteiger partial charge on any atom is 0.277 e. The molecule has 24 heavy (non-hydrogen) atoms. The summed E-state index contributed by atoms with van der Waals surface area (Å²) < 4.78 is 16.0. The normalized spacial score (nSPS) is 11.2. The van der Waals surface area contributed by atoms with Gasteiger partial charge in [-0.25, -0.2) is 0 Å². The van der Waals surface area contributed by atoms with Crippen molar-refractivity contribution in [3.8, 4) is 23.0 Å². The number of ether oxygens (including phenoxy) is 2. The smallest absolute Gasteiger partial charge is 0.277 e. The summed E-state index contributed by atoms with van der Waals surface area (Å²) in [4.78, 5) is 11.8. The Kier molecular flexibility index (Phi) is 5.71. The zero-order valence-corrected chi connectivity index (χ0v) is 15.2. The molecule has 0 saturated heterocycles. The number of thioether (sulfide) groups is 1. The van der Waals surface area contributed by atoms with Gasteiger partial charge in [0.05, 0.1) is 20.0 Å². The van der Waals surface area contributed by atoms with Gasteiger partial charge in [-0.3, -0.25) is 4.79 Å². The first kappa shape index (κ1) is 18.1. The van der Waals surface area contributed by atoms with Gasteiger partial charge in [0.2, 0.25) is 11.8 Å². The minimum atomic E-state index is -0.267. The van der Waals surface area contributed by atoms with Gasteiger partial charge < -0.3 is 19.2 Å². The van der Waals surface area contributed by atoms with Crippen LogP contribution in [0, 0.1) is 0 Å². The summed E-state index contributed by atoms with van der Waals surface area (Å²) >= 11 is 1.19. The molecule has 0 aliphatic rings. The lowest BCUT2D eigenvalue weighted by Gasteiger charge is -2.19. The average molecular weight is 351 g/mol. The molecule has 8 heteroatoms. The lowest BCUT2D eigenvalue weighted by molar-refractivity contribution is -0.119. The average Bonchev–Trinajstić information content (AvgIpc) is 2.99. The van der Waals surface area contributed by atoms with E-state index in [1.807, 2.05) is 20.8 Å². The van der Waals surface area contributed by atoms with Crippen LogP contribution in [0.15, 0.2) is 27.8 Å². The molecular formula is C16H21N3O4S. The van der Waals surface area contributed by atoms with E-state index in [-0.39, 0.29) is 17.2 Å². The number of benzene rings is 1. The third-order valence-corrected chi connectivity index (χ3v) is 3.70. The first-order valence-electron chi connectivity index (χ1n) is 7.32. The van der Waals surface area contributed by atoms with E-state index >= 15 is 0 Å². The molecule has 0 fully saturated rings. The summed E-state index contributed by atoms with van der Waals surface area (Å²) in [5.74, 6) is 1.68. The summed E-state index contributed by atoms with van der Waals surface area (Å²) in [6.45, 7) is 5.78. The molecule has 0 saturated carbocycles. The van der Waals surface area contributed by atoms with Crippen molar-refractivity contribution in [1.29, 1.82) is 0 Å². The highest BCUT2D eigenvalue weighted by Crippen LogP contribution is 2.32. The van der Waals surface area contributed by atoms with Crippen molar-refractivity contribution in [2.45, 2.75) is 31.5 Å². The van der Waals surface area contributed by atoms with Gasteiger partial charge in [-0.1, -0.05) is 11.8 Å². The molecule has 7 nitrogen and oxygen atoms in total. The second kappa shape index (κ2) is 7.57. The predicted octanol–water partition coefficient (Wildman–Crippen LogP) is 2.76. The van der Waals surface area contributed by atoms with Gasteiger partial charge in [-0.05, 0) is 39.0 Å². The molecule has 2 aromatic rings. The molecule has 0 atom stereocenters. The zero-order chi connectivity index (χ0) is 17.7. The Morgan fingerprint density at radius 3 is 2.54 bits per heavy atom. The van der Waals surface area contributed by atoms with E-state index in [1.54, 1.807) is 32.4 Å². The van der Waals surface area contributed by atoms with E-state index in [2.05, 4.69) is 15.5 Å². The van der Waals surface area contributed by atoms with Crippen LogP contribution in [0.1, 0.15) is 20.8 Å². The molecule has 2 rings (SSSR count). The van der Waals surface area contributed by atoms with Gasteiger partial charge in [0, 0.05) is 11.1 Å². The number of carbonyl (C=O) groups is 1. The minimum Gasteiger partial charge on any atom is -0.493 e. The van der Waals surface area contributed by atoms with Crippen LogP contribution in [0.25, 0.3) is 11.5 Å². The standard InChI is InChI=1S/C16H21N3O4S/c1-16(2,3)17-13(20)9-24-15-19-18-14(23-15)10-6-7-11(21-4)12(8-10)22-5/h6-8H,9H2,1-5H3,(H,17,20). The fourth-order valence-corrected chi connectivity index (χ4v) is 2.50. The van der Waals surface area contributed by atoms with Crippen LogP contribution < -0.4 is 14.8 Å². The van der Waals surface area contributed by atoms with Crippen molar-refractivity contribution < 1.29 is 18.7 Å². The van der Waals surface area contributed by atoms with E-state index in [0.717, 1.165) is 0 Å². The number of amides is 1. The number of aromatic nitrogens is 2. The molecule has 0 bridgehead atoms. The third kappa shape index (κ3) is 4.89. The van der Waals surface area contributed by atoms with Gasteiger partial charge in [-0.15, -0.1) is 10.2 Å². The molecule has 1 aromatic carbocycles. The molecule has 0 radical (unpaired) electrons. The highest BCUT2D eigenvalue weighted by molar-refractivity contribution is 7.99. The fraction of sp³-hybridized carbons (Fsp3) is 0.438. The Bertz CT molecular complexity index is 710. The van der Waals surface area contributed by atoms with Crippen molar-refractivity contribution >= 4 is 17.7 Å². The zero-order valence-electron chi connectivity index (χ0n) is 14.4. The second-order valence-electron chi connectivity index (χ2n) is 6.03. The SMILES string of the molecule is COc1ccc(-c2nnc(SCC(=O)NC(C)(C)C)o2)cc1OC. The van der Waals surface area contributed by atoms with Gasteiger partial charge >= 0.3 is 0 Å². The summed E-state index contributed by atoms with van der Waals surface area (Å²) in [6.07, 6.45) is 0. The largest absolute Gasteiger partial charge is 0.493 e. The number of methoxy groups -OCH3 is 2. The monoisotopic (exact) mass is 351 g/mol. The summed E-state index contributed by atoms with van der Waals surface area (Å²) in [5.41, 5.74) is 0.447. The highest BCUT2D eigenvalue weighted by Gasteiger charge is 2.16. The van der Waals surface area contributed by atoms with Crippen molar-refractivity contribution in [1.82, 2.24) is 15.5 Å². The molecular weight excluding hydrogens is 330 g/mol. The van der Waals surface area contributed by atoms with Crippen molar-refractivity contribution in [3.63, 3.8) is 0 Å². The molecule has 0 aliphatic carbocycles. The molecule has 0 aliphatic heterocycles. The quantitative estimate of drug-likeness (QED) is 0.801. The van der Waals surface area contributed by atoms with E-state index in [4.69, 9.17) is 13.9 Å². The molecule has 1 heterocycles. The predicted molar refractivity (Wildman–Crippen MR) is 91.5 cm³/mol. The molecule has 130 valence electrons. The van der Waals surface area contributed by atoms with Crippen LogP contribution in [0.3, 0.4) is 0 Å². The Morgan fingerprint density at radius 2 is 1.92 bits per heavy atom. The Balaban J connectivity index is 2.04. The van der Waals surface area contributed by atoms with E-state index in [9.17, 15) is 4.79 Å². The topological polar surface area (TPSA) is 86.5 Å².